The number of nitrogens with one attached hydrogen (secondary N) is 1. The van der Waals surface area contributed by atoms with Gasteiger partial charge in [0, 0.05) is 13.1 Å². The number of likely N-dealkylation sites (N-methyl/N-ethyl adjacent to an activating group) is 2. The van der Waals surface area contributed by atoms with Gasteiger partial charge in [-0.3, -0.25) is 15.1 Å². The van der Waals surface area contributed by atoms with Gasteiger partial charge < -0.3 is 9.32 Å². The number of hydrogen-bond acceptors (Lipinski definition) is 5. The summed E-state index contributed by atoms with van der Waals surface area (Å²) in [7, 11) is 6.09. The van der Waals surface area contributed by atoms with Crippen LogP contribution in [-0.2, 0) is 6.54 Å². The standard InChI is InChI=1S/C12H22N4O2/c1-9-11(12(17)14-13)7-10(18-9)8-16(4)6-5-15(2)3/h7H,5-6,8,13H2,1-4H3,(H,14,17). The number of carbonyl (C=O) groups is 1. The van der Waals surface area contributed by atoms with E-state index in [-0.39, 0.29) is 5.91 Å². The lowest BCUT2D eigenvalue weighted by Crippen LogP contribution is -2.30. The molecule has 6 heteroatoms. The average molecular weight is 254 g/mol. The fraction of sp³-hybridized carbons (Fsp3) is 0.583. The lowest BCUT2D eigenvalue weighted by Gasteiger charge is -2.17. The van der Waals surface area contributed by atoms with Crippen molar-refractivity contribution in [2.75, 3.05) is 34.2 Å². The highest BCUT2D eigenvalue weighted by Crippen LogP contribution is 2.15. The average Bonchev–Trinajstić information content (AvgIpc) is 2.66. The highest BCUT2D eigenvalue weighted by Gasteiger charge is 2.14. The lowest BCUT2D eigenvalue weighted by atomic mass is 10.2. The largest absolute Gasteiger partial charge is 0.464 e. The van der Waals surface area contributed by atoms with E-state index in [0.717, 1.165) is 18.8 Å². The van der Waals surface area contributed by atoms with Crippen molar-refractivity contribution in [3.05, 3.63) is 23.2 Å². The normalized spacial score (nSPS) is 11.3. The Hall–Kier alpha value is -1.37. The third-order valence-electron chi connectivity index (χ3n) is 2.70. The Bertz CT molecular complexity index is 401. The van der Waals surface area contributed by atoms with Gasteiger partial charge in [-0.05, 0) is 34.1 Å². The van der Waals surface area contributed by atoms with Gasteiger partial charge in [0.2, 0.25) is 0 Å². The molecule has 1 aromatic heterocycles. The number of nitrogens with zero attached hydrogens (tertiary/aromatic N) is 2. The van der Waals surface area contributed by atoms with Crippen molar-refractivity contribution in [2.45, 2.75) is 13.5 Å². The maximum atomic E-state index is 11.4. The van der Waals surface area contributed by atoms with Crippen molar-refractivity contribution in [3.63, 3.8) is 0 Å². The fourth-order valence-electron chi connectivity index (χ4n) is 1.64. The number of rotatable bonds is 6. The first-order valence-electron chi connectivity index (χ1n) is 5.87. The molecule has 0 saturated heterocycles. The molecule has 0 aliphatic carbocycles. The number of amides is 1. The van der Waals surface area contributed by atoms with Gasteiger partial charge in [0.05, 0.1) is 12.1 Å². The second-order valence-corrected chi connectivity index (χ2v) is 4.70. The van der Waals surface area contributed by atoms with E-state index in [9.17, 15) is 4.79 Å². The number of nitrogens with two attached hydrogens (primary N) is 1. The molecule has 18 heavy (non-hydrogen) atoms. The Kier molecular flexibility index (Phi) is 5.33. The molecule has 1 heterocycles. The molecule has 0 unspecified atom stereocenters. The first kappa shape index (κ1) is 14.7. The Morgan fingerprint density at radius 1 is 1.39 bits per heavy atom. The summed E-state index contributed by atoms with van der Waals surface area (Å²) in [4.78, 5) is 15.7. The number of hydrazine groups is 1. The first-order chi connectivity index (χ1) is 8.43. The molecule has 1 rings (SSSR count). The zero-order chi connectivity index (χ0) is 13.7. The molecule has 1 aromatic rings. The summed E-state index contributed by atoms with van der Waals surface area (Å²) in [5.41, 5.74) is 2.60. The molecule has 0 atom stereocenters. The molecule has 0 fully saturated rings. The molecular formula is C12H22N4O2. The number of furan rings is 1. The number of nitrogen functional groups attached to an aromatic ring is 1. The molecule has 0 saturated carbocycles. The van der Waals surface area contributed by atoms with Crippen molar-refractivity contribution < 1.29 is 9.21 Å². The van der Waals surface area contributed by atoms with Crippen molar-refractivity contribution in [1.29, 1.82) is 0 Å². The van der Waals surface area contributed by atoms with Crippen LogP contribution < -0.4 is 11.3 Å². The predicted molar refractivity (Wildman–Crippen MR) is 70.0 cm³/mol. The molecule has 0 spiro atoms. The van der Waals surface area contributed by atoms with E-state index >= 15 is 0 Å². The Labute approximate surface area is 108 Å². The molecule has 0 aromatic carbocycles. The van der Waals surface area contributed by atoms with E-state index in [4.69, 9.17) is 10.3 Å². The summed E-state index contributed by atoms with van der Waals surface area (Å²) in [6.45, 7) is 4.35. The van der Waals surface area contributed by atoms with E-state index < -0.39 is 0 Å². The lowest BCUT2D eigenvalue weighted by molar-refractivity contribution is 0.0952. The highest BCUT2D eigenvalue weighted by molar-refractivity contribution is 5.94. The van der Waals surface area contributed by atoms with Crippen LogP contribution in [0.5, 0.6) is 0 Å². The van der Waals surface area contributed by atoms with Crippen molar-refractivity contribution in [2.24, 2.45) is 5.84 Å². The maximum absolute atomic E-state index is 11.4. The summed E-state index contributed by atoms with van der Waals surface area (Å²) < 4.78 is 5.54. The molecule has 6 nitrogen and oxygen atoms in total. The quantitative estimate of drug-likeness (QED) is 0.430. The summed E-state index contributed by atoms with van der Waals surface area (Å²) >= 11 is 0. The minimum absolute atomic E-state index is 0.321. The van der Waals surface area contributed by atoms with Gasteiger partial charge >= 0.3 is 0 Å². The number of carbonyl (C=O) groups excluding carboxylic acids is 1. The van der Waals surface area contributed by atoms with Crippen LogP contribution in [0.4, 0.5) is 0 Å². The third-order valence-corrected chi connectivity index (χ3v) is 2.70. The molecule has 3 N–H and O–H groups in total. The molecule has 0 aliphatic heterocycles. The van der Waals surface area contributed by atoms with Crippen molar-refractivity contribution in [3.8, 4) is 0 Å². The molecule has 1 amide bonds. The second-order valence-electron chi connectivity index (χ2n) is 4.70. The van der Waals surface area contributed by atoms with E-state index in [2.05, 4.69) is 15.2 Å². The third kappa shape index (κ3) is 4.14. The topological polar surface area (TPSA) is 74.7 Å². The van der Waals surface area contributed by atoms with Gasteiger partial charge in [-0.1, -0.05) is 0 Å². The molecule has 0 bridgehead atoms. The van der Waals surface area contributed by atoms with Gasteiger partial charge in [0.15, 0.2) is 0 Å². The molecule has 102 valence electrons. The summed E-state index contributed by atoms with van der Waals surface area (Å²) in [5, 5.41) is 0. The SMILES string of the molecule is Cc1oc(CN(C)CCN(C)C)cc1C(=O)NN. The summed E-state index contributed by atoms with van der Waals surface area (Å²) in [6.07, 6.45) is 0. The Morgan fingerprint density at radius 3 is 2.61 bits per heavy atom. The highest BCUT2D eigenvalue weighted by atomic mass is 16.3. The number of hydrogen-bond donors (Lipinski definition) is 2. The Morgan fingerprint density at radius 2 is 2.06 bits per heavy atom. The van der Waals surface area contributed by atoms with E-state index in [1.807, 2.05) is 21.1 Å². The minimum atomic E-state index is -0.321. The fourth-order valence-corrected chi connectivity index (χ4v) is 1.64. The van der Waals surface area contributed by atoms with Crippen LogP contribution >= 0.6 is 0 Å². The van der Waals surface area contributed by atoms with E-state index in [0.29, 0.717) is 17.9 Å². The van der Waals surface area contributed by atoms with Gasteiger partial charge in [-0.2, -0.15) is 0 Å². The zero-order valence-electron chi connectivity index (χ0n) is 11.5. The maximum Gasteiger partial charge on any atom is 0.268 e. The predicted octanol–water partition coefficient (Wildman–Crippen LogP) is 0.185. The zero-order valence-corrected chi connectivity index (χ0v) is 11.5. The smallest absolute Gasteiger partial charge is 0.268 e. The van der Waals surface area contributed by atoms with E-state index in [1.54, 1.807) is 13.0 Å². The van der Waals surface area contributed by atoms with Crippen LogP contribution in [0.3, 0.4) is 0 Å². The van der Waals surface area contributed by atoms with Gasteiger partial charge in [0.25, 0.3) is 5.91 Å². The van der Waals surface area contributed by atoms with Crippen LogP contribution in [0, 0.1) is 6.92 Å². The Balaban J connectivity index is 2.60. The monoisotopic (exact) mass is 254 g/mol. The van der Waals surface area contributed by atoms with Crippen LogP contribution in [-0.4, -0.2) is 49.9 Å². The van der Waals surface area contributed by atoms with Crippen LogP contribution in [0.2, 0.25) is 0 Å². The second kappa shape index (κ2) is 6.53. The van der Waals surface area contributed by atoms with Crippen molar-refractivity contribution in [1.82, 2.24) is 15.2 Å². The summed E-state index contributed by atoms with van der Waals surface area (Å²) in [5.74, 6) is 6.15. The van der Waals surface area contributed by atoms with Gasteiger partial charge in [-0.25, -0.2) is 5.84 Å². The van der Waals surface area contributed by atoms with Crippen LogP contribution in [0.25, 0.3) is 0 Å². The minimum Gasteiger partial charge on any atom is -0.464 e. The van der Waals surface area contributed by atoms with Gasteiger partial charge in [-0.15, -0.1) is 0 Å². The first-order valence-corrected chi connectivity index (χ1v) is 5.87. The molecular weight excluding hydrogens is 232 g/mol. The molecule has 0 aliphatic rings. The van der Waals surface area contributed by atoms with Crippen LogP contribution in [0.15, 0.2) is 10.5 Å². The van der Waals surface area contributed by atoms with Crippen molar-refractivity contribution >= 4 is 5.91 Å². The van der Waals surface area contributed by atoms with Crippen LogP contribution in [0.1, 0.15) is 21.9 Å². The number of aryl methyl sites for hydroxylation is 1. The molecule has 0 radical (unpaired) electrons. The summed E-state index contributed by atoms with van der Waals surface area (Å²) in [6, 6.07) is 1.74. The van der Waals surface area contributed by atoms with Gasteiger partial charge in [0.1, 0.15) is 11.5 Å². The van der Waals surface area contributed by atoms with E-state index in [1.165, 1.54) is 0 Å².